The van der Waals surface area contributed by atoms with Crippen LogP contribution < -0.4 is 10.6 Å². The van der Waals surface area contributed by atoms with E-state index in [4.69, 9.17) is 39.8 Å². The highest BCUT2D eigenvalue weighted by molar-refractivity contribution is 9.11. The zero-order valence-electron chi connectivity index (χ0n) is 13.7. The van der Waals surface area contributed by atoms with Gasteiger partial charge in [0.25, 0.3) is 5.91 Å². The van der Waals surface area contributed by atoms with Gasteiger partial charge in [-0.05, 0) is 86.5 Å². The maximum Gasteiger partial charge on any atom is 0.293 e. The van der Waals surface area contributed by atoms with Crippen LogP contribution >= 0.6 is 67.3 Å². The van der Waals surface area contributed by atoms with Gasteiger partial charge >= 0.3 is 0 Å². The van der Waals surface area contributed by atoms with Crippen LogP contribution in [0.2, 0.25) is 10.0 Å². The zero-order chi connectivity index (χ0) is 20.4. The fraction of sp³-hybridized carbons (Fsp3) is 0. The number of carbonyl (C=O) groups excluding carboxylic acids is 1. The smallest absolute Gasteiger partial charge is 0.293 e. The minimum atomic E-state index is -0.529. The Hall–Kier alpha value is -1.58. The summed E-state index contributed by atoms with van der Waals surface area (Å²) < 4.78 is 6.51. The van der Waals surface area contributed by atoms with Gasteiger partial charge in [-0.3, -0.25) is 10.1 Å². The van der Waals surface area contributed by atoms with Crippen molar-refractivity contribution >= 4 is 84.0 Å². The van der Waals surface area contributed by atoms with Crippen molar-refractivity contribution in [3.05, 3.63) is 67.2 Å². The van der Waals surface area contributed by atoms with Crippen LogP contribution in [0.15, 0.2) is 55.8 Å². The number of phenolic OH excluding ortho intramolecular Hbond substituents is 1. The maximum atomic E-state index is 12.4. The fourth-order valence-electron chi connectivity index (χ4n) is 2.26. The van der Waals surface area contributed by atoms with E-state index in [0.717, 1.165) is 0 Å². The number of hydrogen-bond acceptors (Lipinski definition) is 4. The number of nitrogens with one attached hydrogen (secondary N) is 2. The quantitative estimate of drug-likeness (QED) is 0.246. The summed E-state index contributed by atoms with van der Waals surface area (Å²) in [6, 6.07) is 11.3. The van der Waals surface area contributed by atoms with Crippen molar-refractivity contribution < 1.29 is 14.3 Å². The van der Waals surface area contributed by atoms with Crippen LogP contribution in [0.1, 0.15) is 10.6 Å². The average molecular weight is 565 g/mol. The average Bonchev–Trinajstić information content (AvgIpc) is 3.11. The van der Waals surface area contributed by atoms with E-state index >= 15 is 0 Å². The van der Waals surface area contributed by atoms with Crippen molar-refractivity contribution in [1.29, 1.82) is 0 Å². The van der Waals surface area contributed by atoms with Crippen LogP contribution in [-0.2, 0) is 0 Å². The zero-order valence-corrected chi connectivity index (χ0v) is 19.2. The van der Waals surface area contributed by atoms with Crippen molar-refractivity contribution in [2.75, 3.05) is 5.32 Å². The second kappa shape index (κ2) is 8.84. The lowest BCUT2D eigenvalue weighted by molar-refractivity contribution is 0.0951. The summed E-state index contributed by atoms with van der Waals surface area (Å²) in [5, 5.41) is 16.1. The summed E-state index contributed by atoms with van der Waals surface area (Å²) in [5.41, 5.74) is 1.14. The molecule has 10 heteroatoms. The SMILES string of the molecule is O=C(NC(=S)Nc1cc(Br)c(O)c(Br)c1)c1ccc(-c2cc(Cl)ccc2Cl)o1. The highest BCUT2D eigenvalue weighted by Crippen LogP contribution is 2.35. The van der Waals surface area contributed by atoms with E-state index in [-0.39, 0.29) is 16.6 Å². The van der Waals surface area contributed by atoms with Crippen LogP contribution in [0.4, 0.5) is 5.69 Å². The molecule has 1 amide bonds. The molecule has 28 heavy (non-hydrogen) atoms. The molecule has 3 N–H and O–H groups in total. The number of carbonyl (C=O) groups is 1. The molecule has 0 saturated heterocycles. The molecule has 0 radical (unpaired) electrons. The Morgan fingerprint density at radius 2 is 1.75 bits per heavy atom. The second-order valence-electron chi connectivity index (χ2n) is 5.48. The normalized spacial score (nSPS) is 10.6. The van der Waals surface area contributed by atoms with Gasteiger partial charge in [-0.15, -0.1) is 0 Å². The molecule has 0 aliphatic carbocycles. The summed E-state index contributed by atoms with van der Waals surface area (Å²) in [5.74, 6) is -0.00621. The number of furan rings is 1. The molecule has 0 unspecified atom stereocenters. The third-order valence-electron chi connectivity index (χ3n) is 3.53. The molecule has 3 aromatic rings. The minimum Gasteiger partial charge on any atom is -0.506 e. The lowest BCUT2D eigenvalue weighted by Crippen LogP contribution is -2.33. The van der Waals surface area contributed by atoms with Gasteiger partial charge in [0.15, 0.2) is 10.9 Å². The molecule has 0 spiro atoms. The Balaban J connectivity index is 1.71. The van der Waals surface area contributed by atoms with Crippen molar-refractivity contribution in [1.82, 2.24) is 5.32 Å². The maximum absolute atomic E-state index is 12.4. The Morgan fingerprint density at radius 1 is 1.07 bits per heavy atom. The van der Waals surface area contributed by atoms with Gasteiger partial charge in [-0.2, -0.15) is 0 Å². The van der Waals surface area contributed by atoms with E-state index in [1.165, 1.54) is 6.07 Å². The number of amides is 1. The monoisotopic (exact) mass is 562 g/mol. The van der Waals surface area contributed by atoms with Crippen molar-refractivity contribution in [2.45, 2.75) is 0 Å². The summed E-state index contributed by atoms with van der Waals surface area (Å²) in [6.07, 6.45) is 0. The Morgan fingerprint density at radius 3 is 2.43 bits per heavy atom. The number of rotatable bonds is 3. The lowest BCUT2D eigenvalue weighted by atomic mass is 10.2. The van der Waals surface area contributed by atoms with E-state index in [0.29, 0.717) is 36.0 Å². The van der Waals surface area contributed by atoms with Crippen molar-refractivity contribution in [3.63, 3.8) is 0 Å². The summed E-state index contributed by atoms with van der Waals surface area (Å²) in [4.78, 5) is 12.4. The highest BCUT2D eigenvalue weighted by atomic mass is 79.9. The van der Waals surface area contributed by atoms with E-state index in [9.17, 15) is 9.90 Å². The number of halogens is 4. The Labute approximate surface area is 192 Å². The molecule has 0 aliphatic heterocycles. The van der Waals surface area contributed by atoms with Crippen molar-refractivity contribution in [2.24, 2.45) is 0 Å². The summed E-state index contributed by atoms with van der Waals surface area (Å²) in [7, 11) is 0. The number of anilines is 1. The number of thiocarbonyl (C=S) groups is 1. The van der Waals surface area contributed by atoms with Gasteiger partial charge in [0.1, 0.15) is 11.5 Å². The summed E-state index contributed by atoms with van der Waals surface area (Å²) in [6.45, 7) is 0. The first-order valence-corrected chi connectivity index (χ1v) is 10.3. The molecule has 0 bridgehead atoms. The molecule has 5 nitrogen and oxygen atoms in total. The van der Waals surface area contributed by atoms with E-state index in [1.807, 2.05) is 0 Å². The van der Waals surface area contributed by atoms with Gasteiger partial charge < -0.3 is 14.8 Å². The van der Waals surface area contributed by atoms with Gasteiger partial charge in [0.05, 0.1) is 14.0 Å². The molecule has 1 heterocycles. The molecular formula is C18H10Br2Cl2N2O3S. The van der Waals surface area contributed by atoms with Gasteiger partial charge in [0.2, 0.25) is 0 Å². The van der Waals surface area contributed by atoms with Crippen LogP contribution in [0, 0.1) is 0 Å². The first kappa shape index (κ1) is 21.1. The van der Waals surface area contributed by atoms with Crippen molar-refractivity contribution in [3.8, 4) is 17.1 Å². The van der Waals surface area contributed by atoms with Crippen LogP contribution in [-0.4, -0.2) is 16.1 Å². The molecule has 3 rings (SSSR count). The molecule has 2 aromatic carbocycles. The molecule has 1 aromatic heterocycles. The predicted molar refractivity (Wildman–Crippen MR) is 121 cm³/mol. The van der Waals surface area contributed by atoms with Gasteiger partial charge in [0, 0.05) is 16.3 Å². The third kappa shape index (κ3) is 4.87. The third-order valence-corrected chi connectivity index (χ3v) is 5.50. The molecule has 0 saturated carbocycles. The fourth-order valence-corrected chi connectivity index (χ4v) is 4.04. The molecular weight excluding hydrogens is 555 g/mol. The largest absolute Gasteiger partial charge is 0.506 e. The molecule has 0 fully saturated rings. The van der Waals surface area contributed by atoms with Crippen LogP contribution in [0.5, 0.6) is 5.75 Å². The van der Waals surface area contributed by atoms with Gasteiger partial charge in [-0.25, -0.2) is 0 Å². The minimum absolute atomic E-state index is 0.0586. The number of hydrogen-bond donors (Lipinski definition) is 3. The predicted octanol–water partition coefficient (Wildman–Crippen LogP) is 6.61. The molecule has 0 atom stereocenters. The first-order valence-electron chi connectivity index (χ1n) is 7.60. The van der Waals surface area contributed by atoms with E-state index in [2.05, 4.69) is 42.5 Å². The molecule has 0 aliphatic rings. The summed E-state index contributed by atoms with van der Waals surface area (Å²) >= 11 is 23.7. The lowest BCUT2D eigenvalue weighted by Gasteiger charge is -2.10. The standard InChI is InChI=1S/C18H10Br2Cl2N2O3S/c19-11-6-9(7-12(20)16(11)25)23-18(28)24-17(26)15-4-3-14(27-15)10-5-8(21)1-2-13(10)22/h1-7,25H,(H2,23,24,26,28). The van der Waals surface area contributed by atoms with Crippen LogP contribution in [0.3, 0.4) is 0 Å². The highest BCUT2D eigenvalue weighted by Gasteiger charge is 2.16. The first-order chi connectivity index (χ1) is 13.2. The van der Waals surface area contributed by atoms with E-state index in [1.54, 1.807) is 36.4 Å². The van der Waals surface area contributed by atoms with Gasteiger partial charge in [-0.1, -0.05) is 23.2 Å². The Kier molecular flexibility index (Phi) is 6.67. The van der Waals surface area contributed by atoms with E-state index < -0.39 is 5.91 Å². The number of aromatic hydroxyl groups is 1. The second-order valence-corrected chi connectivity index (χ2v) is 8.45. The Bertz CT molecular complexity index is 1070. The molecule has 144 valence electrons. The number of benzene rings is 2. The topological polar surface area (TPSA) is 74.5 Å². The van der Waals surface area contributed by atoms with Crippen LogP contribution in [0.25, 0.3) is 11.3 Å². The number of phenols is 1.